The molecule has 0 aromatic carbocycles. The van der Waals surface area contributed by atoms with Gasteiger partial charge in [0.2, 0.25) is 11.8 Å². The molecule has 2 N–H and O–H groups in total. The molecular weight excluding hydrogens is 192 g/mol. The normalized spacial score (nSPS) is 25.3. The summed E-state index contributed by atoms with van der Waals surface area (Å²) in [5.41, 5.74) is 6.04. The fourth-order valence-corrected chi connectivity index (χ4v) is 2.57. The molecule has 0 aromatic heterocycles. The highest BCUT2D eigenvalue weighted by Crippen LogP contribution is 2.27. The molecule has 2 amide bonds. The van der Waals surface area contributed by atoms with Gasteiger partial charge in [-0.05, 0) is 18.8 Å². The van der Waals surface area contributed by atoms with Gasteiger partial charge in [0.15, 0.2) is 0 Å². The van der Waals surface area contributed by atoms with E-state index in [1.54, 1.807) is 0 Å². The Morgan fingerprint density at radius 2 is 1.73 bits per heavy atom. The van der Waals surface area contributed by atoms with Gasteiger partial charge in [-0.25, -0.2) is 0 Å². The highest BCUT2D eigenvalue weighted by atomic mass is 16.2. The average molecular weight is 210 g/mol. The topological polar surface area (TPSA) is 63.4 Å². The largest absolute Gasteiger partial charge is 0.326 e. The molecule has 1 aliphatic heterocycles. The van der Waals surface area contributed by atoms with Crippen LogP contribution in [0.25, 0.3) is 0 Å². The Balaban J connectivity index is 1.89. The first kappa shape index (κ1) is 10.6. The molecule has 0 bridgehead atoms. The lowest BCUT2D eigenvalue weighted by Crippen LogP contribution is -2.43. The van der Waals surface area contributed by atoms with E-state index in [-0.39, 0.29) is 17.9 Å². The fraction of sp³-hybridized carbons (Fsp3) is 0.818. The van der Waals surface area contributed by atoms with Gasteiger partial charge in [-0.3, -0.25) is 14.5 Å². The first-order valence-electron chi connectivity index (χ1n) is 5.77. The second-order valence-corrected chi connectivity index (χ2v) is 4.61. The number of rotatable bonds is 3. The number of hydrogen-bond donors (Lipinski definition) is 1. The minimum Gasteiger partial charge on any atom is -0.326 e. The third-order valence-electron chi connectivity index (χ3n) is 3.55. The minimum absolute atomic E-state index is 0.0153. The molecule has 4 nitrogen and oxygen atoms in total. The quantitative estimate of drug-likeness (QED) is 0.696. The van der Waals surface area contributed by atoms with Crippen LogP contribution in [0.1, 0.15) is 38.5 Å². The summed E-state index contributed by atoms with van der Waals surface area (Å²) in [7, 11) is 0. The van der Waals surface area contributed by atoms with E-state index in [1.165, 1.54) is 17.7 Å². The number of nitrogens with two attached hydrogens (primary N) is 1. The monoisotopic (exact) mass is 210 g/mol. The lowest BCUT2D eigenvalue weighted by Gasteiger charge is -2.23. The van der Waals surface area contributed by atoms with Crippen molar-refractivity contribution in [2.45, 2.75) is 44.6 Å². The van der Waals surface area contributed by atoms with Crippen molar-refractivity contribution in [2.75, 3.05) is 6.54 Å². The minimum atomic E-state index is -0.0477. The number of hydrogen-bond acceptors (Lipinski definition) is 3. The summed E-state index contributed by atoms with van der Waals surface area (Å²) in [5.74, 6) is 0.410. The summed E-state index contributed by atoms with van der Waals surface area (Å²) in [6.07, 6.45) is 5.52. The van der Waals surface area contributed by atoms with Gasteiger partial charge in [-0.15, -0.1) is 0 Å². The Labute approximate surface area is 89.8 Å². The average Bonchev–Trinajstić information content (AvgIpc) is 2.82. The molecule has 2 rings (SSSR count). The molecule has 1 atom stereocenters. The highest BCUT2D eigenvalue weighted by molar-refractivity contribution is 6.01. The number of likely N-dealkylation sites (tertiary alicyclic amines) is 1. The summed E-state index contributed by atoms with van der Waals surface area (Å²) in [4.78, 5) is 24.1. The summed E-state index contributed by atoms with van der Waals surface area (Å²) in [5, 5.41) is 0. The Morgan fingerprint density at radius 1 is 1.20 bits per heavy atom. The Kier molecular flexibility index (Phi) is 3.05. The van der Waals surface area contributed by atoms with Crippen molar-refractivity contribution in [3.8, 4) is 0 Å². The predicted octanol–water partition coefficient (Wildman–Crippen LogP) is 0.653. The summed E-state index contributed by atoms with van der Waals surface area (Å²) < 4.78 is 0. The van der Waals surface area contributed by atoms with Gasteiger partial charge < -0.3 is 5.73 Å². The molecule has 0 spiro atoms. The maximum absolute atomic E-state index is 11.4. The van der Waals surface area contributed by atoms with Crippen LogP contribution in [0, 0.1) is 5.92 Å². The molecule has 1 saturated heterocycles. The summed E-state index contributed by atoms with van der Waals surface area (Å²) in [6.45, 7) is 0.433. The molecule has 1 heterocycles. The van der Waals surface area contributed by atoms with E-state index in [2.05, 4.69) is 0 Å². The van der Waals surface area contributed by atoms with Gasteiger partial charge in [-0.1, -0.05) is 12.8 Å². The third kappa shape index (κ3) is 2.20. The molecule has 15 heavy (non-hydrogen) atoms. The molecule has 1 unspecified atom stereocenters. The smallest absolute Gasteiger partial charge is 0.229 e. The van der Waals surface area contributed by atoms with E-state index in [1.807, 2.05) is 0 Å². The lowest BCUT2D eigenvalue weighted by atomic mass is 9.99. The van der Waals surface area contributed by atoms with Crippen molar-refractivity contribution in [3.05, 3.63) is 0 Å². The first-order chi connectivity index (χ1) is 7.18. The molecule has 0 aromatic rings. The van der Waals surface area contributed by atoms with E-state index in [0.717, 1.165) is 12.8 Å². The number of carbonyl (C=O) groups excluding carboxylic acids is 2. The van der Waals surface area contributed by atoms with E-state index in [0.29, 0.717) is 25.3 Å². The Hall–Kier alpha value is -0.900. The Bertz CT molecular complexity index is 256. The van der Waals surface area contributed by atoms with Crippen LogP contribution in [0.15, 0.2) is 0 Å². The van der Waals surface area contributed by atoms with Crippen LogP contribution in [0.5, 0.6) is 0 Å². The number of imide groups is 1. The Morgan fingerprint density at radius 3 is 2.27 bits per heavy atom. The molecular formula is C11H18N2O2. The predicted molar refractivity (Wildman–Crippen MR) is 55.9 cm³/mol. The van der Waals surface area contributed by atoms with Crippen molar-refractivity contribution in [1.29, 1.82) is 0 Å². The molecule has 1 aliphatic carbocycles. The van der Waals surface area contributed by atoms with Gasteiger partial charge in [-0.2, -0.15) is 0 Å². The van der Waals surface area contributed by atoms with Crippen LogP contribution < -0.4 is 5.73 Å². The van der Waals surface area contributed by atoms with Crippen LogP contribution in [0.4, 0.5) is 0 Å². The summed E-state index contributed by atoms with van der Waals surface area (Å²) in [6, 6.07) is -0.0153. The molecule has 1 saturated carbocycles. The molecule has 2 fully saturated rings. The van der Waals surface area contributed by atoms with Crippen LogP contribution in [-0.2, 0) is 9.59 Å². The SMILES string of the molecule is NC(CN1C(=O)CCC1=O)C1CCCC1. The van der Waals surface area contributed by atoms with E-state index in [4.69, 9.17) is 5.73 Å². The van der Waals surface area contributed by atoms with Crippen molar-refractivity contribution in [1.82, 2.24) is 4.90 Å². The van der Waals surface area contributed by atoms with Crippen LogP contribution in [0.2, 0.25) is 0 Å². The summed E-state index contributed by atoms with van der Waals surface area (Å²) >= 11 is 0. The van der Waals surface area contributed by atoms with Crippen molar-refractivity contribution in [2.24, 2.45) is 11.7 Å². The van der Waals surface area contributed by atoms with Crippen molar-refractivity contribution < 1.29 is 9.59 Å². The van der Waals surface area contributed by atoms with Gasteiger partial charge in [0, 0.05) is 25.4 Å². The number of nitrogens with zero attached hydrogens (tertiary/aromatic N) is 1. The fourth-order valence-electron chi connectivity index (χ4n) is 2.57. The number of carbonyl (C=O) groups is 2. The van der Waals surface area contributed by atoms with Gasteiger partial charge >= 0.3 is 0 Å². The maximum atomic E-state index is 11.4. The van der Waals surface area contributed by atoms with Crippen molar-refractivity contribution in [3.63, 3.8) is 0 Å². The zero-order valence-corrected chi connectivity index (χ0v) is 8.95. The molecule has 4 heteroatoms. The molecule has 2 aliphatic rings. The zero-order valence-electron chi connectivity index (χ0n) is 8.95. The standard InChI is InChI=1S/C11H18N2O2/c12-9(8-3-1-2-4-8)7-13-10(14)5-6-11(13)15/h8-9H,1-7,12H2. The van der Waals surface area contributed by atoms with Gasteiger partial charge in [0.05, 0.1) is 0 Å². The highest BCUT2D eigenvalue weighted by Gasteiger charge is 2.32. The maximum Gasteiger partial charge on any atom is 0.229 e. The lowest BCUT2D eigenvalue weighted by molar-refractivity contribution is -0.138. The van der Waals surface area contributed by atoms with E-state index in [9.17, 15) is 9.59 Å². The first-order valence-corrected chi connectivity index (χ1v) is 5.77. The second kappa shape index (κ2) is 4.31. The van der Waals surface area contributed by atoms with E-state index < -0.39 is 0 Å². The van der Waals surface area contributed by atoms with Crippen LogP contribution in [0.3, 0.4) is 0 Å². The zero-order chi connectivity index (χ0) is 10.8. The van der Waals surface area contributed by atoms with Crippen molar-refractivity contribution >= 4 is 11.8 Å². The van der Waals surface area contributed by atoms with Gasteiger partial charge in [0.25, 0.3) is 0 Å². The third-order valence-corrected chi connectivity index (χ3v) is 3.55. The molecule has 84 valence electrons. The van der Waals surface area contributed by atoms with E-state index >= 15 is 0 Å². The molecule has 0 radical (unpaired) electrons. The van der Waals surface area contributed by atoms with Gasteiger partial charge in [0.1, 0.15) is 0 Å². The number of amides is 2. The van der Waals surface area contributed by atoms with Crippen LogP contribution in [-0.4, -0.2) is 29.3 Å². The van der Waals surface area contributed by atoms with Crippen LogP contribution >= 0.6 is 0 Å². The second-order valence-electron chi connectivity index (χ2n) is 4.61.